The van der Waals surface area contributed by atoms with Crippen LogP contribution in [0.1, 0.15) is 12.5 Å². The largest absolute Gasteiger partial charge is 0.374 e. The van der Waals surface area contributed by atoms with Crippen LogP contribution in [0, 0.1) is 6.92 Å². The molecule has 0 unspecified atom stereocenters. The zero-order valence-corrected chi connectivity index (χ0v) is 12.2. The normalized spacial score (nSPS) is 11.5. The van der Waals surface area contributed by atoms with Gasteiger partial charge in [-0.15, -0.1) is 10.2 Å². The summed E-state index contributed by atoms with van der Waals surface area (Å²) in [7, 11) is -3.70. The highest BCUT2D eigenvalue weighted by Crippen LogP contribution is 2.26. The molecule has 2 aromatic rings. The molecule has 0 aliphatic carbocycles. The number of hydrogen-bond acceptors (Lipinski definition) is 6. The van der Waals surface area contributed by atoms with Gasteiger partial charge in [-0.25, -0.2) is 0 Å². The lowest BCUT2D eigenvalue weighted by atomic mass is 10.2. The highest BCUT2D eigenvalue weighted by atomic mass is 32.2. The number of sulfonamides is 1. The van der Waals surface area contributed by atoms with Crippen molar-refractivity contribution < 1.29 is 8.42 Å². The lowest BCUT2D eigenvalue weighted by molar-refractivity contribution is 0.590. The van der Waals surface area contributed by atoms with Crippen LogP contribution in [-0.2, 0) is 10.0 Å². The minimum atomic E-state index is -3.70. The minimum absolute atomic E-state index is 0.0903. The van der Waals surface area contributed by atoms with E-state index in [2.05, 4.69) is 10.2 Å². The van der Waals surface area contributed by atoms with Crippen LogP contribution in [0.15, 0.2) is 28.6 Å². The number of benzene rings is 1. The monoisotopic (exact) mass is 298 g/mol. The molecule has 0 spiro atoms. The van der Waals surface area contributed by atoms with Gasteiger partial charge in [0, 0.05) is 6.54 Å². The molecule has 0 saturated carbocycles. The Bertz CT molecular complexity index is 664. The molecule has 0 bridgehead atoms. The van der Waals surface area contributed by atoms with E-state index in [0.29, 0.717) is 12.2 Å². The quantitative estimate of drug-likeness (QED) is 0.927. The minimum Gasteiger partial charge on any atom is -0.374 e. The summed E-state index contributed by atoms with van der Waals surface area (Å²) in [6.07, 6.45) is 0. The Labute approximate surface area is 115 Å². The van der Waals surface area contributed by atoms with Crippen molar-refractivity contribution in [1.29, 1.82) is 0 Å². The smallest absolute Gasteiger partial charge is 0.293 e. The maximum atomic E-state index is 12.4. The Morgan fingerprint density at radius 3 is 2.37 bits per heavy atom. The number of anilines is 2. The summed E-state index contributed by atoms with van der Waals surface area (Å²) in [4.78, 5) is 0. The van der Waals surface area contributed by atoms with Crippen LogP contribution >= 0.6 is 11.3 Å². The van der Waals surface area contributed by atoms with Gasteiger partial charge in [-0.05, 0) is 26.0 Å². The second-order valence-corrected chi connectivity index (χ2v) is 6.96. The number of hydrogen-bond donors (Lipinski definition) is 1. The van der Waals surface area contributed by atoms with E-state index in [1.807, 2.05) is 19.1 Å². The van der Waals surface area contributed by atoms with Gasteiger partial charge >= 0.3 is 0 Å². The molecule has 1 aromatic heterocycles. The Hall–Kier alpha value is -1.67. The van der Waals surface area contributed by atoms with Crippen LogP contribution in [0.3, 0.4) is 0 Å². The van der Waals surface area contributed by atoms with Crippen molar-refractivity contribution in [2.75, 3.05) is 16.6 Å². The third-order valence-electron chi connectivity index (χ3n) is 2.54. The van der Waals surface area contributed by atoms with Gasteiger partial charge in [0.05, 0.1) is 5.69 Å². The number of nitrogens with two attached hydrogens (primary N) is 1. The van der Waals surface area contributed by atoms with Crippen LogP contribution < -0.4 is 10.0 Å². The molecule has 0 saturated heterocycles. The molecule has 8 heteroatoms. The summed E-state index contributed by atoms with van der Waals surface area (Å²) in [6.45, 7) is 4.02. The van der Waals surface area contributed by atoms with Crippen molar-refractivity contribution in [3.05, 3.63) is 29.8 Å². The highest BCUT2D eigenvalue weighted by Gasteiger charge is 2.27. The lowest BCUT2D eigenvalue weighted by Crippen LogP contribution is -2.30. The van der Waals surface area contributed by atoms with Gasteiger partial charge < -0.3 is 5.73 Å². The van der Waals surface area contributed by atoms with Crippen molar-refractivity contribution in [2.45, 2.75) is 18.2 Å². The van der Waals surface area contributed by atoms with E-state index in [1.54, 1.807) is 19.1 Å². The van der Waals surface area contributed by atoms with Gasteiger partial charge in [0.15, 0.2) is 0 Å². The number of nitrogen functional groups attached to an aromatic ring is 1. The van der Waals surface area contributed by atoms with Crippen molar-refractivity contribution in [1.82, 2.24) is 10.2 Å². The molecule has 19 heavy (non-hydrogen) atoms. The maximum absolute atomic E-state index is 12.4. The van der Waals surface area contributed by atoms with E-state index >= 15 is 0 Å². The average Bonchev–Trinajstić information content (AvgIpc) is 2.80. The highest BCUT2D eigenvalue weighted by molar-refractivity contribution is 7.94. The van der Waals surface area contributed by atoms with Gasteiger partial charge in [-0.1, -0.05) is 29.0 Å². The topological polar surface area (TPSA) is 89.2 Å². The average molecular weight is 298 g/mol. The van der Waals surface area contributed by atoms with Gasteiger partial charge in [-0.3, -0.25) is 4.31 Å². The molecule has 0 amide bonds. The molecular weight excluding hydrogens is 284 g/mol. The molecule has 2 rings (SSSR count). The van der Waals surface area contributed by atoms with Gasteiger partial charge in [-0.2, -0.15) is 8.42 Å². The van der Waals surface area contributed by atoms with Crippen molar-refractivity contribution in [3.63, 3.8) is 0 Å². The lowest BCUT2D eigenvalue weighted by Gasteiger charge is -2.21. The molecule has 0 radical (unpaired) electrons. The standard InChI is InChI=1S/C11H14N4O2S2/c1-3-15(9-6-4-8(2)5-7-9)19(16,17)11-14-13-10(12)18-11/h4-7H,3H2,1-2H3,(H2,12,13). The summed E-state index contributed by atoms with van der Waals surface area (Å²) >= 11 is 0.862. The summed E-state index contributed by atoms with van der Waals surface area (Å²) in [6, 6.07) is 7.26. The summed E-state index contributed by atoms with van der Waals surface area (Å²) in [5.41, 5.74) is 7.10. The van der Waals surface area contributed by atoms with Gasteiger partial charge in [0.1, 0.15) is 0 Å². The van der Waals surface area contributed by atoms with Crippen LogP contribution in [0.2, 0.25) is 0 Å². The first-order valence-corrected chi connectivity index (χ1v) is 7.89. The fraction of sp³-hybridized carbons (Fsp3) is 0.273. The molecule has 0 atom stereocenters. The first-order chi connectivity index (χ1) is 8.95. The van der Waals surface area contributed by atoms with E-state index in [0.717, 1.165) is 16.9 Å². The van der Waals surface area contributed by atoms with Crippen LogP contribution in [0.5, 0.6) is 0 Å². The zero-order valence-electron chi connectivity index (χ0n) is 10.6. The molecule has 6 nitrogen and oxygen atoms in total. The first kappa shape index (κ1) is 13.8. The molecule has 1 aromatic carbocycles. The van der Waals surface area contributed by atoms with Crippen LogP contribution in [0.25, 0.3) is 0 Å². The van der Waals surface area contributed by atoms with Crippen molar-refractivity contribution in [3.8, 4) is 0 Å². The Morgan fingerprint density at radius 1 is 1.26 bits per heavy atom. The molecule has 2 N–H and O–H groups in total. The molecule has 102 valence electrons. The summed E-state index contributed by atoms with van der Waals surface area (Å²) in [5, 5.41) is 7.30. The Morgan fingerprint density at radius 2 is 1.89 bits per heavy atom. The van der Waals surface area contributed by atoms with Crippen molar-refractivity contribution in [2.24, 2.45) is 0 Å². The van der Waals surface area contributed by atoms with Gasteiger partial charge in [0.25, 0.3) is 14.4 Å². The molecule has 0 fully saturated rings. The predicted octanol–water partition coefficient (Wildman–Crippen LogP) is 1.64. The third kappa shape index (κ3) is 2.69. The Kier molecular flexibility index (Phi) is 3.72. The van der Waals surface area contributed by atoms with E-state index in [-0.39, 0.29) is 9.47 Å². The molecule has 0 aliphatic heterocycles. The summed E-state index contributed by atoms with van der Waals surface area (Å²) in [5.74, 6) is 0. The van der Waals surface area contributed by atoms with E-state index in [1.165, 1.54) is 4.31 Å². The van der Waals surface area contributed by atoms with E-state index < -0.39 is 10.0 Å². The summed E-state index contributed by atoms with van der Waals surface area (Å²) < 4.78 is 26.1. The van der Waals surface area contributed by atoms with E-state index in [4.69, 9.17) is 5.73 Å². The number of nitrogens with zero attached hydrogens (tertiary/aromatic N) is 3. The maximum Gasteiger partial charge on any atom is 0.293 e. The van der Waals surface area contributed by atoms with Gasteiger partial charge in [0.2, 0.25) is 5.13 Å². The SMILES string of the molecule is CCN(c1ccc(C)cc1)S(=O)(=O)c1nnc(N)s1. The second kappa shape index (κ2) is 5.14. The third-order valence-corrected chi connectivity index (χ3v) is 5.54. The van der Waals surface area contributed by atoms with Crippen molar-refractivity contribution >= 4 is 32.2 Å². The van der Waals surface area contributed by atoms with Crippen LogP contribution in [-0.4, -0.2) is 25.2 Å². The first-order valence-electron chi connectivity index (χ1n) is 5.63. The fourth-order valence-electron chi connectivity index (χ4n) is 1.62. The molecular formula is C11H14N4O2S2. The second-order valence-electron chi connectivity index (χ2n) is 3.91. The van der Waals surface area contributed by atoms with Crippen LogP contribution in [0.4, 0.5) is 10.8 Å². The fourth-order valence-corrected chi connectivity index (χ4v) is 3.98. The van der Waals surface area contributed by atoms with E-state index in [9.17, 15) is 8.42 Å². The zero-order chi connectivity index (χ0) is 14.0. The number of rotatable bonds is 4. The number of aryl methyl sites for hydroxylation is 1. The Balaban J connectivity index is 2.44. The number of aromatic nitrogens is 2. The molecule has 0 aliphatic rings. The molecule has 1 heterocycles. The predicted molar refractivity (Wildman–Crippen MR) is 75.7 cm³/mol.